The average Bonchev–Trinajstić information content (AvgIpc) is 2.81. The summed E-state index contributed by atoms with van der Waals surface area (Å²) in [6.45, 7) is 11.2. The average molecular weight is 347 g/mol. The van der Waals surface area contributed by atoms with Crippen molar-refractivity contribution in [3.05, 3.63) is 16.4 Å². The summed E-state index contributed by atoms with van der Waals surface area (Å²) in [5, 5.41) is 4.44. The molecule has 1 aromatic rings. The summed E-state index contributed by atoms with van der Waals surface area (Å²) < 4.78 is 9.04. The van der Waals surface area contributed by atoms with Crippen LogP contribution in [0.4, 0.5) is 0 Å². The number of hydrogen-bond acceptors (Lipinski definition) is 4. The van der Waals surface area contributed by atoms with Crippen LogP contribution in [0.1, 0.15) is 65.2 Å². The number of hydrazine groups is 1. The monoisotopic (exact) mass is 346 g/mol. The lowest BCUT2D eigenvalue weighted by Crippen LogP contribution is -2.49. The van der Waals surface area contributed by atoms with Crippen molar-refractivity contribution < 1.29 is 4.74 Å². The summed E-state index contributed by atoms with van der Waals surface area (Å²) >= 11 is 3.59. The molecule has 0 saturated carbocycles. The Hall–Kier alpha value is -0.430. The van der Waals surface area contributed by atoms with E-state index in [9.17, 15) is 0 Å². The molecule has 1 rings (SSSR count). The molecule has 0 saturated heterocycles. The first-order valence-corrected chi connectivity index (χ1v) is 8.09. The number of nitrogens with one attached hydrogen (secondary N) is 1. The number of nitrogens with two attached hydrogens (primary N) is 1. The second-order valence-electron chi connectivity index (χ2n) is 5.22. The van der Waals surface area contributed by atoms with Gasteiger partial charge in [-0.1, -0.05) is 13.8 Å². The maximum atomic E-state index is 6.09. The minimum Gasteiger partial charge on any atom is -0.373 e. The molecule has 0 radical (unpaired) electrons. The number of hydrogen-bond donors (Lipinski definition) is 2. The van der Waals surface area contributed by atoms with Crippen molar-refractivity contribution >= 4 is 15.9 Å². The molecule has 0 aliphatic carbocycles. The van der Waals surface area contributed by atoms with Gasteiger partial charge in [-0.3, -0.25) is 10.5 Å². The van der Waals surface area contributed by atoms with Crippen LogP contribution in [0.25, 0.3) is 0 Å². The third-order valence-corrected chi connectivity index (χ3v) is 4.48. The maximum Gasteiger partial charge on any atom is 0.0929 e. The smallest absolute Gasteiger partial charge is 0.0929 e. The molecule has 0 fully saturated rings. The van der Waals surface area contributed by atoms with E-state index in [0.29, 0.717) is 6.61 Å². The molecule has 0 aliphatic rings. The van der Waals surface area contributed by atoms with Gasteiger partial charge in [0.1, 0.15) is 0 Å². The van der Waals surface area contributed by atoms with Gasteiger partial charge in [0, 0.05) is 12.6 Å². The molecule has 1 heterocycles. The van der Waals surface area contributed by atoms with E-state index in [1.54, 1.807) is 0 Å². The lowest BCUT2D eigenvalue weighted by atomic mass is 9.86. The zero-order chi connectivity index (χ0) is 15.3. The van der Waals surface area contributed by atoms with Gasteiger partial charge in [-0.05, 0) is 49.5 Å². The lowest BCUT2D eigenvalue weighted by Gasteiger charge is -2.39. The molecule has 0 bridgehead atoms. The lowest BCUT2D eigenvalue weighted by molar-refractivity contribution is -0.0755. The van der Waals surface area contributed by atoms with Crippen LogP contribution >= 0.6 is 15.9 Å². The van der Waals surface area contributed by atoms with Crippen LogP contribution in [0, 0.1) is 0 Å². The first-order valence-electron chi connectivity index (χ1n) is 7.30. The van der Waals surface area contributed by atoms with Gasteiger partial charge in [0.25, 0.3) is 0 Å². The number of nitrogens with zero attached hydrogens (tertiary/aromatic N) is 2. The van der Waals surface area contributed by atoms with Gasteiger partial charge < -0.3 is 4.74 Å². The van der Waals surface area contributed by atoms with Gasteiger partial charge in [0.2, 0.25) is 0 Å². The molecule has 0 aromatic carbocycles. The summed E-state index contributed by atoms with van der Waals surface area (Å²) in [6, 6.07) is 0.150. The van der Waals surface area contributed by atoms with E-state index in [2.05, 4.69) is 54.1 Å². The summed E-state index contributed by atoms with van der Waals surface area (Å²) in [6.07, 6.45) is 3.57. The Bertz CT molecular complexity index is 415. The zero-order valence-electron chi connectivity index (χ0n) is 13.1. The molecule has 1 atom stereocenters. The van der Waals surface area contributed by atoms with Crippen molar-refractivity contribution in [3.63, 3.8) is 0 Å². The van der Waals surface area contributed by atoms with Gasteiger partial charge in [-0.25, -0.2) is 5.43 Å². The molecule has 0 amide bonds. The molecule has 5 nitrogen and oxygen atoms in total. The first kappa shape index (κ1) is 17.6. The zero-order valence-corrected chi connectivity index (χ0v) is 14.7. The fraction of sp³-hybridized carbons (Fsp3) is 0.786. The molecule has 0 spiro atoms. The Labute approximate surface area is 130 Å². The van der Waals surface area contributed by atoms with Crippen LogP contribution in [-0.2, 0) is 4.74 Å². The minimum atomic E-state index is -0.335. The van der Waals surface area contributed by atoms with Crippen LogP contribution in [0.3, 0.4) is 0 Å². The predicted molar refractivity (Wildman–Crippen MR) is 85.3 cm³/mol. The van der Waals surface area contributed by atoms with Gasteiger partial charge in [0.15, 0.2) is 0 Å². The van der Waals surface area contributed by atoms with Crippen LogP contribution in [0.5, 0.6) is 0 Å². The van der Waals surface area contributed by atoms with Crippen LogP contribution in [0.15, 0.2) is 10.7 Å². The Balaban J connectivity index is 3.33. The van der Waals surface area contributed by atoms with E-state index in [4.69, 9.17) is 10.6 Å². The van der Waals surface area contributed by atoms with Crippen molar-refractivity contribution in [2.75, 3.05) is 6.61 Å². The number of rotatable bonds is 8. The van der Waals surface area contributed by atoms with E-state index in [1.807, 2.05) is 17.8 Å². The van der Waals surface area contributed by atoms with E-state index in [-0.39, 0.29) is 17.7 Å². The van der Waals surface area contributed by atoms with Gasteiger partial charge in [-0.15, -0.1) is 0 Å². The highest BCUT2D eigenvalue weighted by Crippen LogP contribution is 2.38. The SMILES string of the molecule is CCOC(CC)(CC)C(NN)c1c(Br)cnn1C(C)C. The van der Waals surface area contributed by atoms with E-state index in [0.717, 1.165) is 23.0 Å². The van der Waals surface area contributed by atoms with Gasteiger partial charge >= 0.3 is 0 Å². The van der Waals surface area contributed by atoms with Crippen molar-refractivity contribution in [1.82, 2.24) is 15.2 Å². The predicted octanol–water partition coefficient (Wildman–Crippen LogP) is 3.33. The second kappa shape index (κ2) is 7.54. The summed E-state index contributed by atoms with van der Waals surface area (Å²) in [4.78, 5) is 0. The molecule has 3 N–H and O–H groups in total. The number of ether oxygens (including phenoxy) is 1. The quantitative estimate of drug-likeness (QED) is 0.559. The fourth-order valence-electron chi connectivity index (χ4n) is 2.75. The van der Waals surface area contributed by atoms with Crippen molar-refractivity contribution in [1.29, 1.82) is 0 Å². The molecule has 1 aromatic heterocycles. The van der Waals surface area contributed by atoms with E-state index in [1.165, 1.54) is 0 Å². The normalized spacial score (nSPS) is 14.0. The third-order valence-electron chi connectivity index (χ3n) is 3.87. The molecule has 116 valence electrons. The van der Waals surface area contributed by atoms with E-state index < -0.39 is 0 Å². The molecule has 6 heteroatoms. The Morgan fingerprint density at radius 3 is 2.40 bits per heavy atom. The molecular formula is C14H27BrN4O. The topological polar surface area (TPSA) is 65.1 Å². The van der Waals surface area contributed by atoms with Gasteiger partial charge in [0.05, 0.1) is 28.0 Å². The second-order valence-corrected chi connectivity index (χ2v) is 6.07. The summed E-state index contributed by atoms with van der Waals surface area (Å²) in [7, 11) is 0. The standard InChI is InChI=1S/C14H27BrN4O/c1-6-14(7-2,20-8-3)13(18-16)12-11(15)9-17-19(12)10(4)5/h9-10,13,18H,6-8,16H2,1-5H3. The number of halogens is 1. The molecule has 1 unspecified atom stereocenters. The van der Waals surface area contributed by atoms with E-state index >= 15 is 0 Å². The fourth-order valence-corrected chi connectivity index (χ4v) is 3.25. The number of aromatic nitrogens is 2. The molecule has 20 heavy (non-hydrogen) atoms. The molecular weight excluding hydrogens is 320 g/mol. The minimum absolute atomic E-state index is 0.114. The van der Waals surface area contributed by atoms with Crippen molar-refractivity contribution in [3.8, 4) is 0 Å². The van der Waals surface area contributed by atoms with Crippen molar-refractivity contribution in [2.45, 2.75) is 65.1 Å². The Morgan fingerprint density at radius 2 is 2.00 bits per heavy atom. The van der Waals surface area contributed by atoms with Crippen LogP contribution in [0.2, 0.25) is 0 Å². The highest BCUT2D eigenvalue weighted by Gasteiger charge is 2.40. The summed E-state index contributed by atoms with van der Waals surface area (Å²) in [5.74, 6) is 5.88. The maximum absolute atomic E-state index is 6.09. The third kappa shape index (κ3) is 3.24. The van der Waals surface area contributed by atoms with Gasteiger partial charge in [-0.2, -0.15) is 5.10 Å². The highest BCUT2D eigenvalue weighted by molar-refractivity contribution is 9.10. The highest BCUT2D eigenvalue weighted by atomic mass is 79.9. The first-order chi connectivity index (χ1) is 9.47. The molecule has 0 aliphatic heterocycles. The van der Waals surface area contributed by atoms with Crippen LogP contribution in [-0.4, -0.2) is 22.0 Å². The largest absolute Gasteiger partial charge is 0.373 e. The Kier molecular flexibility index (Phi) is 6.64. The Morgan fingerprint density at radius 1 is 1.40 bits per heavy atom. The van der Waals surface area contributed by atoms with Crippen molar-refractivity contribution in [2.24, 2.45) is 5.84 Å². The van der Waals surface area contributed by atoms with Crippen LogP contribution < -0.4 is 11.3 Å². The summed E-state index contributed by atoms with van der Waals surface area (Å²) in [5.41, 5.74) is 3.66.